The highest BCUT2D eigenvalue weighted by atomic mass is 19.1. The monoisotopic (exact) mass is 372 g/mol. The molecule has 142 valence electrons. The van der Waals surface area contributed by atoms with Gasteiger partial charge >= 0.3 is 0 Å². The molecule has 1 N–H and O–H groups in total. The first-order valence-corrected chi connectivity index (χ1v) is 9.76. The van der Waals surface area contributed by atoms with Crippen molar-refractivity contribution in [2.45, 2.75) is 50.4 Å². The molecular weight excluding hydrogens is 350 g/mol. The molecule has 0 spiro atoms. The number of piperidine rings is 1. The van der Waals surface area contributed by atoms with Gasteiger partial charge < -0.3 is 0 Å². The van der Waals surface area contributed by atoms with Gasteiger partial charge in [-0.15, -0.1) is 0 Å². The van der Waals surface area contributed by atoms with Crippen LogP contribution in [-0.2, 0) is 0 Å². The molecule has 2 atom stereocenters. The molecule has 2 aromatic rings. The van der Waals surface area contributed by atoms with Crippen molar-refractivity contribution in [1.82, 2.24) is 20.2 Å². The Hall–Kier alpha value is -2.28. The Kier molecular flexibility index (Phi) is 4.00. The first-order valence-electron chi connectivity index (χ1n) is 9.76. The highest BCUT2D eigenvalue weighted by molar-refractivity contribution is 5.94. The summed E-state index contributed by atoms with van der Waals surface area (Å²) in [5, 5.41) is 6.46. The summed E-state index contributed by atoms with van der Waals surface area (Å²) >= 11 is 0. The molecule has 3 aliphatic rings. The van der Waals surface area contributed by atoms with Crippen LogP contribution in [0.3, 0.4) is 0 Å². The van der Waals surface area contributed by atoms with Crippen molar-refractivity contribution in [1.29, 1.82) is 0 Å². The van der Waals surface area contributed by atoms with Gasteiger partial charge in [-0.1, -0.05) is 6.42 Å². The van der Waals surface area contributed by atoms with E-state index in [4.69, 9.17) is 0 Å². The Labute approximate surface area is 156 Å². The van der Waals surface area contributed by atoms with Crippen LogP contribution in [0.15, 0.2) is 18.2 Å². The lowest BCUT2D eigenvalue weighted by Gasteiger charge is -2.26. The first-order chi connectivity index (χ1) is 13.1. The number of halogens is 2. The fraction of sp³-hybridized carbons (Fsp3) is 0.500. The van der Waals surface area contributed by atoms with Crippen molar-refractivity contribution in [2.75, 3.05) is 13.1 Å². The van der Waals surface area contributed by atoms with Crippen LogP contribution in [0.4, 0.5) is 8.78 Å². The van der Waals surface area contributed by atoms with Gasteiger partial charge in [0.05, 0.1) is 5.69 Å². The maximum atomic E-state index is 14.4. The van der Waals surface area contributed by atoms with E-state index in [1.165, 1.54) is 18.6 Å². The molecule has 2 bridgehead atoms. The zero-order valence-corrected chi connectivity index (χ0v) is 15.0. The molecule has 1 saturated carbocycles. The van der Waals surface area contributed by atoms with E-state index < -0.39 is 11.6 Å². The molecule has 2 heterocycles. The van der Waals surface area contributed by atoms with Crippen LogP contribution in [-0.4, -0.2) is 33.8 Å². The van der Waals surface area contributed by atoms with Gasteiger partial charge in [-0.05, 0) is 50.2 Å². The van der Waals surface area contributed by atoms with Crippen LogP contribution in [0, 0.1) is 11.6 Å². The van der Waals surface area contributed by atoms with E-state index in [9.17, 15) is 13.6 Å². The van der Waals surface area contributed by atoms with E-state index >= 15 is 0 Å². The molecule has 2 fully saturated rings. The number of nitrogens with zero attached hydrogens (tertiary/aromatic N) is 3. The highest BCUT2D eigenvalue weighted by Gasteiger charge is 2.44. The van der Waals surface area contributed by atoms with Crippen LogP contribution in [0.5, 0.6) is 0 Å². The number of hydrogen-bond donors (Lipinski definition) is 1. The third kappa shape index (κ3) is 2.76. The lowest BCUT2D eigenvalue weighted by molar-refractivity contribution is 0.0743. The summed E-state index contributed by atoms with van der Waals surface area (Å²) in [6, 6.07) is 3.49. The van der Waals surface area contributed by atoms with Gasteiger partial charge in [0.15, 0.2) is 11.5 Å². The average molecular weight is 372 g/mol. The maximum absolute atomic E-state index is 14.4. The second kappa shape index (κ2) is 6.41. The molecule has 5 nitrogen and oxygen atoms in total. The minimum Gasteiger partial charge on any atom is -0.283 e. The minimum atomic E-state index is -0.661. The first kappa shape index (κ1) is 16.9. The molecule has 1 aromatic heterocycles. The molecule has 27 heavy (non-hydrogen) atoms. The number of carbonyl (C=O) groups excluding carboxylic acids is 1. The second-order valence-corrected chi connectivity index (χ2v) is 7.85. The number of aromatic nitrogens is 2. The Morgan fingerprint density at radius 2 is 1.89 bits per heavy atom. The van der Waals surface area contributed by atoms with Crippen LogP contribution in [0.1, 0.15) is 72.1 Å². The number of fused-ring (bicyclic) bond motifs is 5. The summed E-state index contributed by atoms with van der Waals surface area (Å²) in [5.41, 5.74) is 5.47. The molecule has 1 amide bonds. The minimum absolute atomic E-state index is 0.206. The van der Waals surface area contributed by atoms with Crippen molar-refractivity contribution >= 4 is 5.91 Å². The van der Waals surface area contributed by atoms with Crippen LogP contribution in [0.2, 0.25) is 0 Å². The number of hydrazine groups is 1. The topological polar surface area (TPSA) is 50.2 Å². The van der Waals surface area contributed by atoms with E-state index in [0.717, 1.165) is 62.5 Å². The highest BCUT2D eigenvalue weighted by Crippen LogP contribution is 2.54. The third-order valence-electron chi connectivity index (χ3n) is 6.16. The Bertz CT molecular complexity index is 904. The predicted octanol–water partition coefficient (Wildman–Crippen LogP) is 3.65. The fourth-order valence-electron chi connectivity index (χ4n) is 4.94. The molecule has 1 saturated heterocycles. The molecule has 1 aromatic carbocycles. The van der Waals surface area contributed by atoms with Crippen molar-refractivity contribution in [3.63, 3.8) is 0 Å². The number of rotatable bonds is 3. The molecule has 7 heteroatoms. The molecule has 2 aliphatic carbocycles. The number of benzene rings is 1. The quantitative estimate of drug-likeness (QED) is 0.895. The van der Waals surface area contributed by atoms with Gasteiger partial charge in [0.25, 0.3) is 5.91 Å². The Balaban J connectivity index is 1.55. The summed E-state index contributed by atoms with van der Waals surface area (Å²) in [7, 11) is 0. The molecule has 5 rings (SSSR count). The average Bonchev–Trinajstić information content (AvgIpc) is 3.35. The maximum Gasteiger partial charge on any atom is 0.286 e. The number of nitrogens with one attached hydrogen (secondary N) is 1. The molecular formula is C20H22F2N4O. The summed E-state index contributed by atoms with van der Waals surface area (Å²) in [6.07, 6.45) is 6.37. The van der Waals surface area contributed by atoms with E-state index in [1.807, 2.05) is 5.01 Å². The summed E-state index contributed by atoms with van der Waals surface area (Å²) in [4.78, 5) is 13.0. The van der Waals surface area contributed by atoms with E-state index in [1.54, 1.807) is 4.68 Å². The smallest absolute Gasteiger partial charge is 0.283 e. The van der Waals surface area contributed by atoms with Gasteiger partial charge in [-0.3, -0.25) is 10.2 Å². The largest absolute Gasteiger partial charge is 0.286 e. The molecule has 1 aliphatic heterocycles. The van der Waals surface area contributed by atoms with E-state index in [0.29, 0.717) is 17.5 Å². The van der Waals surface area contributed by atoms with Gasteiger partial charge in [0.2, 0.25) is 0 Å². The third-order valence-corrected chi connectivity index (χ3v) is 6.16. The van der Waals surface area contributed by atoms with E-state index in [2.05, 4.69) is 10.5 Å². The lowest BCUT2D eigenvalue weighted by Crippen LogP contribution is -2.45. The molecule has 0 radical (unpaired) electrons. The number of carbonyl (C=O) groups is 1. The van der Waals surface area contributed by atoms with Crippen molar-refractivity contribution in [2.24, 2.45) is 0 Å². The summed E-state index contributed by atoms with van der Waals surface area (Å²) in [6.45, 7) is 1.68. The Morgan fingerprint density at radius 3 is 2.67 bits per heavy atom. The van der Waals surface area contributed by atoms with Crippen molar-refractivity contribution in [3.05, 3.63) is 46.8 Å². The zero-order chi connectivity index (χ0) is 18.5. The summed E-state index contributed by atoms with van der Waals surface area (Å²) in [5.74, 6) is -0.902. The van der Waals surface area contributed by atoms with Crippen LogP contribution < -0.4 is 5.43 Å². The standard InChI is InChI=1S/C20H22F2N4O/c21-14-6-7-16(15(22)11-14)26-19-13-5-4-12(10-13)17(19)18(23-26)20(27)24-25-8-2-1-3-9-25/h6-7,11-13H,1-5,8-10H2,(H,24,27). The van der Waals surface area contributed by atoms with Gasteiger partial charge in [-0.25, -0.2) is 18.5 Å². The number of hydrogen-bond acceptors (Lipinski definition) is 3. The summed E-state index contributed by atoms with van der Waals surface area (Å²) < 4.78 is 29.3. The lowest BCUT2D eigenvalue weighted by atomic mass is 9.95. The Morgan fingerprint density at radius 1 is 1.11 bits per heavy atom. The zero-order valence-electron chi connectivity index (χ0n) is 15.0. The predicted molar refractivity (Wildman–Crippen MR) is 95.7 cm³/mol. The van der Waals surface area contributed by atoms with Gasteiger partial charge in [0, 0.05) is 30.6 Å². The SMILES string of the molecule is O=C(NN1CCCCC1)c1nn(-c2ccc(F)cc2F)c2c1C1CCC2C1. The van der Waals surface area contributed by atoms with E-state index in [-0.39, 0.29) is 11.6 Å². The van der Waals surface area contributed by atoms with Gasteiger partial charge in [-0.2, -0.15) is 5.10 Å². The fourth-order valence-corrected chi connectivity index (χ4v) is 4.94. The number of amides is 1. The van der Waals surface area contributed by atoms with Crippen LogP contribution in [0.25, 0.3) is 5.69 Å². The van der Waals surface area contributed by atoms with Crippen molar-refractivity contribution < 1.29 is 13.6 Å². The normalized spacial score (nSPS) is 24.2. The second-order valence-electron chi connectivity index (χ2n) is 7.85. The van der Waals surface area contributed by atoms with Gasteiger partial charge in [0.1, 0.15) is 11.5 Å². The van der Waals surface area contributed by atoms with Crippen molar-refractivity contribution in [3.8, 4) is 5.69 Å². The van der Waals surface area contributed by atoms with Crippen LogP contribution >= 0.6 is 0 Å². The molecule has 2 unspecified atom stereocenters.